The normalized spacial score (nSPS) is 10.6. The Balaban J connectivity index is 1.41. The predicted molar refractivity (Wildman–Crippen MR) is 138 cm³/mol. The van der Waals surface area contributed by atoms with Gasteiger partial charge in [0.25, 0.3) is 5.91 Å². The van der Waals surface area contributed by atoms with E-state index >= 15 is 0 Å². The molecule has 4 aromatic rings. The zero-order valence-corrected chi connectivity index (χ0v) is 20.0. The maximum atomic E-state index is 12.9. The minimum absolute atomic E-state index is 0.197. The molecule has 0 aliphatic heterocycles. The highest BCUT2D eigenvalue weighted by molar-refractivity contribution is 7.98. The van der Waals surface area contributed by atoms with Gasteiger partial charge in [-0.2, -0.15) is 0 Å². The third kappa shape index (κ3) is 6.55. The molecule has 1 amide bonds. The first-order valence-electron chi connectivity index (χ1n) is 10.3. The predicted octanol–water partition coefficient (Wildman–Crippen LogP) is 8.12. The molecule has 3 nitrogen and oxygen atoms in total. The number of nitrogens with one attached hydrogen (secondary N) is 1. The van der Waals surface area contributed by atoms with Crippen molar-refractivity contribution in [3.05, 3.63) is 124 Å². The molecule has 0 saturated carbocycles. The van der Waals surface area contributed by atoms with Crippen LogP contribution in [-0.2, 0) is 12.4 Å². The van der Waals surface area contributed by atoms with Crippen LogP contribution < -0.4 is 10.1 Å². The number of ether oxygens (including phenoxy) is 1. The first-order chi connectivity index (χ1) is 16.1. The van der Waals surface area contributed by atoms with Gasteiger partial charge in [-0.3, -0.25) is 4.79 Å². The van der Waals surface area contributed by atoms with Gasteiger partial charge in [-0.1, -0.05) is 71.7 Å². The smallest absolute Gasteiger partial charge is 0.255 e. The van der Waals surface area contributed by atoms with E-state index in [0.29, 0.717) is 22.9 Å². The summed E-state index contributed by atoms with van der Waals surface area (Å²) in [6.45, 7) is 0.328. The Kier molecular flexibility index (Phi) is 7.95. The minimum Gasteiger partial charge on any atom is -0.489 e. The molecule has 0 aliphatic rings. The highest BCUT2D eigenvalue weighted by Gasteiger charge is 2.11. The van der Waals surface area contributed by atoms with Gasteiger partial charge < -0.3 is 10.1 Å². The van der Waals surface area contributed by atoms with Crippen molar-refractivity contribution in [3.8, 4) is 5.75 Å². The lowest BCUT2D eigenvalue weighted by Crippen LogP contribution is -2.12. The van der Waals surface area contributed by atoms with Gasteiger partial charge in [0.1, 0.15) is 12.4 Å². The molecule has 4 rings (SSSR count). The minimum atomic E-state index is -0.197. The first kappa shape index (κ1) is 23.2. The number of amides is 1. The third-order valence-electron chi connectivity index (χ3n) is 4.89. The van der Waals surface area contributed by atoms with E-state index in [9.17, 15) is 4.79 Å². The summed E-state index contributed by atoms with van der Waals surface area (Å²) in [6.07, 6.45) is 0. The SMILES string of the molecule is O=C(Nc1ccccc1SCc1ccc(Cl)cc1)c1cccc(OCc2ccccc2Cl)c1. The van der Waals surface area contributed by atoms with Crippen molar-refractivity contribution in [2.75, 3.05) is 5.32 Å². The fourth-order valence-electron chi connectivity index (χ4n) is 3.14. The Labute approximate surface area is 207 Å². The molecule has 0 saturated heterocycles. The molecule has 0 heterocycles. The van der Waals surface area contributed by atoms with Gasteiger partial charge in [0, 0.05) is 31.8 Å². The Bertz CT molecular complexity index is 1240. The number of hydrogen-bond acceptors (Lipinski definition) is 3. The standard InChI is InChI=1S/C27H21Cl2NO2S/c28-22-14-12-19(13-15-22)18-33-26-11-4-3-10-25(26)30-27(31)20-7-5-8-23(16-20)32-17-21-6-1-2-9-24(21)29/h1-16H,17-18H2,(H,30,31). The highest BCUT2D eigenvalue weighted by atomic mass is 35.5. The zero-order chi connectivity index (χ0) is 23.0. The van der Waals surface area contributed by atoms with Crippen LogP contribution in [0.3, 0.4) is 0 Å². The number of carbonyl (C=O) groups excluding carboxylic acids is 1. The van der Waals surface area contributed by atoms with Gasteiger partial charge in [0.2, 0.25) is 0 Å². The summed E-state index contributed by atoms with van der Waals surface area (Å²) in [5, 5.41) is 4.39. The topological polar surface area (TPSA) is 38.3 Å². The Morgan fingerprint density at radius 3 is 2.42 bits per heavy atom. The van der Waals surface area contributed by atoms with Crippen LogP contribution in [0.25, 0.3) is 0 Å². The van der Waals surface area contributed by atoms with E-state index in [4.69, 9.17) is 27.9 Å². The number of thioether (sulfide) groups is 1. The van der Waals surface area contributed by atoms with Crippen LogP contribution in [0.4, 0.5) is 5.69 Å². The summed E-state index contributed by atoms with van der Waals surface area (Å²) in [7, 11) is 0. The number of carbonyl (C=O) groups is 1. The van der Waals surface area contributed by atoms with Crippen LogP contribution in [-0.4, -0.2) is 5.91 Å². The van der Waals surface area contributed by atoms with Gasteiger partial charge in [0.15, 0.2) is 0 Å². The molecular formula is C27H21Cl2NO2S. The molecule has 0 radical (unpaired) electrons. The van der Waals surface area contributed by atoms with Crippen molar-refractivity contribution in [3.63, 3.8) is 0 Å². The molecule has 166 valence electrons. The van der Waals surface area contributed by atoms with E-state index in [-0.39, 0.29) is 5.91 Å². The zero-order valence-electron chi connectivity index (χ0n) is 17.6. The summed E-state index contributed by atoms with van der Waals surface area (Å²) < 4.78 is 5.86. The Hall–Kier alpha value is -2.92. The Morgan fingerprint density at radius 2 is 1.61 bits per heavy atom. The summed E-state index contributed by atoms with van der Waals surface area (Å²) >= 11 is 13.8. The molecule has 4 aromatic carbocycles. The van der Waals surface area contributed by atoms with E-state index in [1.165, 1.54) is 0 Å². The summed E-state index contributed by atoms with van der Waals surface area (Å²) in [5.74, 6) is 1.18. The van der Waals surface area contributed by atoms with Crippen LogP contribution >= 0.6 is 35.0 Å². The molecule has 6 heteroatoms. The second-order valence-corrected chi connectivity index (χ2v) is 9.13. The van der Waals surface area contributed by atoms with Crippen LogP contribution in [0.5, 0.6) is 5.75 Å². The fourth-order valence-corrected chi connectivity index (χ4v) is 4.42. The van der Waals surface area contributed by atoms with Crippen molar-refractivity contribution >= 4 is 46.6 Å². The van der Waals surface area contributed by atoms with E-state index in [1.807, 2.05) is 78.9 Å². The fraction of sp³-hybridized carbons (Fsp3) is 0.0741. The number of halogens is 2. The molecule has 0 unspecified atom stereocenters. The largest absolute Gasteiger partial charge is 0.489 e. The molecule has 0 aliphatic carbocycles. The average Bonchev–Trinajstić information content (AvgIpc) is 2.84. The molecule has 33 heavy (non-hydrogen) atoms. The summed E-state index contributed by atoms with van der Waals surface area (Å²) in [6, 6.07) is 30.2. The quantitative estimate of drug-likeness (QED) is 0.252. The van der Waals surface area contributed by atoms with Crippen LogP contribution in [0.1, 0.15) is 21.5 Å². The number of rotatable bonds is 8. The molecule has 0 aromatic heterocycles. The van der Waals surface area contributed by atoms with E-state index < -0.39 is 0 Å². The van der Waals surface area contributed by atoms with Gasteiger partial charge in [-0.15, -0.1) is 11.8 Å². The molecular weight excluding hydrogens is 473 g/mol. The van der Waals surface area contributed by atoms with Crippen molar-refractivity contribution in [2.24, 2.45) is 0 Å². The molecule has 0 atom stereocenters. The summed E-state index contributed by atoms with van der Waals surface area (Å²) in [5.41, 5.74) is 3.34. The van der Waals surface area contributed by atoms with E-state index in [1.54, 1.807) is 30.0 Å². The van der Waals surface area contributed by atoms with Gasteiger partial charge in [-0.05, 0) is 54.1 Å². The maximum Gasteiger partial charge on any atom is 0.255 e. The first-order valence-corrected chi connectivity index (χ1v) is 12.1. The van der Waals surface area contributed by atoms with Gasteiger partial charge in [-0.25, -0.2) is 0 Å². The number of anilines is 1. The van der Waals surface area contributed by atoms with Gasteiger partial charge in [0.05, 0.1) is 5.69 Å². The van der Waals surface area contributed by atoms with Crippen molar-refractivity contribution in [1.82, 2.24) is 0 Å². The molecule has 0 bridgehead atoms. The lowest BCUT2D eigenvalue weighted by molar-refractivity contribution is 0.102. The maximum absolute atomic E-state index is 12.9. The second kappa shape index (κ2) is 11.3. The number of para-hydroxylation sites is 1. The van der Waals surface area contributed by atoms with E-state index in [2.05, 4.69) is 5.32 Å². The second-order valence-electron chi connectivity index (χ2n) is 7.27. The molecule has 0 spiro atoms. The molecule has 1 N–H and O–H groups in total. The van der Waals surface area contributed by atoms with E-state index in [0.717, 1.165) is 32.5 Å². The summed E-state index contributed by atoms with van der Waals surface area (Å²) in [4.78, 5) is 13.9. The van der Waals surface area contributed by atoms with Crippen molar-refractivity contribution < 1.29 is 9.53 Å². The average molecular weight is 494 g/mol. The lowest BCUT2D eigenvalue weighted by Gasteiger charge is -2.12. The highest BCUT2D eigenvalue weighted by Crippen LogP contribution is 2.30. The van der Waals surface area contributed by atoms with Crippen molar-refractivity contribution in [2.45, 2.75) is 17.3 Å². The van der Waals surface area contributed by atoms with Crippen molar-refractivity contribution in [1.29, 1.82) is 0 Å². The third-order valence-corrected chi connectivity index (χ3v) is 6.66. The Morgan fingerprint density at radius 1 is 0.848 bits per heavy atom. The van der Waals surface area contributed by atoms with Crippen LogP contribution in [0, 0.1) is 0 Å². The van der Waals surface area contributed by atoms with Crippen LogP contribution in [0.2, 0.25) is 10.0 Å². The van der Waals surface area contributed by atoms with Gasteiger partial charge >= 0.3 is 0 Å². The number of hydrogen-bond donors (Lipinski definition) is 1. The lowest BCUT2D eigenvalue weighted by atomic mass is 10.2. The molecule has 0 fully saturated rings. The monoisotopic (exact) mass is 493 g/mol. The number of benzene rings is 4. The van der Waals surface area contributed by atoms with Crippen LogP contribution in [0.15, 0.2) is 102 Å².